The van der Waals surface area contributed by atoms with Crippen LogP contribution in [0.3, 0.4) is 0 Å². The van der Waals surface area contributed by atoms with E-state index in [1.165, 1.54) is 0 Å². The number of piperazine rings is 1. The molecule has 0 amide bonds. The second-order valence-corrected chi connectivity index (χ2v) is 6.56. The topological polar surface area (TPSA) is 45.2 Å². The first-order valence-corrected chi connectivity index (χ1v) is 9.20. The molecule has 3 rings (SSSR count). The minimum Gasteiger partial charge on any atom is -0.366 e. The summed E-state index contributed by atoms with van der Waals surface area (Å²) in [7, 11) is 0. The first kappa shape index (κ1) is 19.2. The Balaban J connectivity index is 0.00000100. The Morgan fingerprint density at radius 1 is 0.958 bits per heavy atom. The highest BCUT2D eigenvalue weighted by Crippen LogP contribution is 2.31. The molecule has 0 N–H and O–H groups in total. The molecule has 0 bridgehead atoms. The highest BCUT2D eigenvalue weighted by Gasteiger charge is 2.22. The van der Waals surface area contributed by atoms with Gasteiger partial charge in [0.05, 0.1) is 11.1 Å². The van der Waals surface area contributed by atoms with E-state index >= 15 is 0 Å². The van der Waals surface area contributed by atoms with Gasteiger partial charge in [-0.3, -0.25) is 4.90 Å². The third-order valence-corrected chi connectivity index (χ3v) is 4.64. The van der Waals surface area contributed by atoms with Gasteiger partial charge >= 0.3 is 0 Å². The third kappa shape index (κ3) is 4.08. The number of rotatable bonds is 2. The van der Waals surface area contributed by atoms with E-state index in [1.54, 1.807) is 6.92 Å². The van der Waals surface area contributed by atoms with Gasteiger partial charge in [-0.2, -0.15) is 0 Å². The average Bonchev–Trinajstić information content (AvgIpc) is 2.56. The lowest BCUT2D eigenvalue weighted by atomic mass is 10.2. The molecular formula is C17H25Cl2N5. The summed E-state index contributed by atoms with van der Waals surface area (Å²) in [6.45, 7) is 14.1. The van der Waals surface area contributed by atoms with E-state index < -0.39 is 0 Å². The monoisotopic (exact) mass is 369 g/mol. The van der Waals surface area contributed by atoms with Crippen molar-refractivity contribution in [2.45, 2.75) is 40.7 Å². The van der Waals surface area contributed by atoms with E-state index in [-0.39, 0.29) is 0 Å². The minimum absolute atomic E-state index is 0.425. The van der Waals surface area contributed by atoms with Crippen molar-refractivity contribution in [3.05, 3.63) is 22.2 Å². The lowest BCUT2D eigenvalue weighted by Crippen LogP contribution is -2.49. The molecule has 0 radical (unpaired) electrons. The first-order valence-electron chi connectivity index (χ1n) is 8.45. The molecule has 0 aliphatic carbocycles. The van der Waals surface area contributed by atoms with Crippen molar-refractivity contribution >= 4 is 39.9 Å². The molecule has 132 valence electrons. The molecule has 0 aromatic carbocycles. The molecule has 1 aliphatic rings. The van der Waals surface area contributed by atoms with Crippen LogP contribution in [0.4, 0.5) is 5.69 Å². The summed E-state index contributed by atoms with van der Waals surface area (Å²) in [6.07, 6.45) is 0. The zero-order valence-corrected chi connectivity index (χ0v) is 16.5. The molecule has 1 saturated heterocycles. The van der Waals surface area contributed by atoms with E-state index in [0.29, 0.717) is 27.8 Å². The van der Waals surface area contributed by atoms with Gasteiger partial charge in [-0.05, 0) is 26.8 Å². The Bertz CT molecular complexity index is 697. The molecule has 0 spiro atoms. The van der Waals surface area contributed by atoms with Crippen molar-refractivity contribution in [3.63, 3.8) is 0 Å². The number of hydrogen-bond acceptors (Lipinski definition) is 5. The van der Waals surface area contributed by atoms with E-state index in [0.717, 1.165) is 37.3 Å². The maximum absolute atomic E-state index is 6.37. The Morgan fingerprint density at radius 2 is 1.58 bits per heavy atom. The van der Waals surface area contributed by atoms with Crippen LogP contribution < -0.4 is 4.90 Å². The molecule has 2 aromatic heterocycles. The van der Waals surface area contributed by atoms with Crippen LogP contribution in [0.5, 0.6) is 0 Å². The molecule has 1 fully saturated rings. The fourth-order valence-electron chi connectivity index (χ4n) is 2.79. The molecule has 1 aliphatic heterocycles. The smallest absolute Gasteiger partial charge is 0.166 e. The fourth-order valence-corrected chi connectivity index (χ4v) is 3.31. The molecule has 0 saturated carbocycles. The molecule has 3 heterocycles. The number of hydrogen-bond donors (Lipinski definition) is 0. The lowest BCUT2D eigenvalue weighted by molar-refractivity contribution is 0.209. The number of halogens is 2. The van der Waals surface area contributed by atoms with E-state index in [4.69, 9.17) is 23.2 Å². The van der Waals surface area contributed by atoms with Crippen LogP contribution in [0, 0.1) is 6.92 Å². The van der Waals surface area contributed by atoms with Gasteiger partial charge in [0.15, 0.2) is 10.8 Å². The van der Waals surface area contributed by atoms with Gasteiger partial charge < -0.3 is 4.90 Å². The molecule has 24 heavy (non-hydrogen) atoms. The van der Waals surface area contributed by atoms with E-state index in [1.807, 2.05) is 19.9 Å². The highest BCUT2D eigenvalue weighted by atomic mass is 35.5. The van der Waals surface area contributed by atoms with Crippen LogP contribution in [0.1, 0.15) is 33.5 Å². The molecule has 5 nitrogen and oxygen atoms in total. The molecule has 7 heteroatoms. The van der Waals surface area contributed by atoms with Crippen molar-refractivity contribution in [1.29, 1.82) is 0 Å². The number of nitrogens with zero attached hydrogens (tertiary/aromatic N) is 5. The van der Waals surface area contributed by atoms with Crippen molar-refractivity contribution in [2.24, 2.45) is 0 Å². The van der Waals surface area contributed by atoms with Gasteiger partial charge in [0, 0.05) is 32.2 Å². The van der Waals surface area contributed by atoms with Crippen molar-refractivity contribution < 1.29 is 0 Å². The van der Waals surface area contributed by atoms with E-state index in [9.17, 15) is 0 Å². The van der Waals surface area contributed by atoms with Crippen LogP contribution in [0.15, 0.2) is 6.07 Å². The summed E-state index contributed by atoms with van der Waals surface area (Å²) in [5.74, 6) is 0.597. The zero-order valence-electron chi connectivity index (χ0n) is 15.0. The predicted octanol–water partition coefficient (Wildman–Crippen LogP) is 4.20. The quantitative estimate of drug-likeness (QED) is 0.586. The summed E-state index contributed by atoms with van der Waals surface area (Å²) in [5.41, 5.74) is 1.46. The van der Waals surface area contributed by atoms with Gasteiger partial charge in [-0.15, -0.1) is 0 Å². The number of aromatic nitrogens is 3. The van der Waals surface area contributed by atoms with E-state index in [2.05, 4.69) is 38.6 Å². The van der Waals surface area contributed by atoms with Crippen LogP contribution >= 0.6 is 23.2 Å². The second kappa shape index (κ2) is 8.28. The predicted molar refractivity (Wildman–Crippen MR) is 102 cm³/mol. The average molecular weight is 370 g/mol. The van der Waals surface area contributed by atoms with Crippen LogP contribution in [0.25, 0.3) is 11.0 Å². The van der Waals surface area contributed by atoms with Crippen molar-refractivity contribution in [1.82, 2.24) is 19.9 Å². The maximum Gasteiger partial charge on any atom is 0.166 e. The first-order chi connectivity index (χ1) is 11.5. The number of aryl methyl sites for hydroxylation is 1. The Kier molecular flexibility index (Phi) is 6.61. The van der Waals surface area contributed by atoms with Crippen molar-refractivity contribution in [2.75, 3.05) is 31.1 Å². The summed E-state index contributed by atoms with van der Waals surface area (Å²) in [5, 5.41) is 1.64. The van der Waals surface area contributed by atoms with Gasteiger partial charge in [0.1, 0.15) is 11.0 Å². The number of anilines is 1. The SMILES string of the molecule is CC.Cc1nc(Cl)c2cc(N3CCN(C(C)C)CC3)c(Cl)nc2n1. The van der Waals surface area contributed by atoms with Gasteiger partial charge in [0.25, 0.3) is 0 Å². The third-order valence-electron chi connectivity index (χ3n) is 4.07. The highest BCUT2D eigenvalue weighted by molar-refractivity contribution is 6.35. The zero-order chi connectivity index (χ0) is 17.9. The summed E-state index contributed by atoms with van der Waals surface area (Å²) in [4.78, 5) is 17.6. The van der Waals surface area contributed by atoms with Gasteiger partial charge in [0.2, 0.25) is 0 Å². The Labute approximate surface area is 154 Å². The lowest BCUT2D eigenvalue weighted by Gasteiger charge is -2.38. The fraction of sp³-hybridized carbons (Fsp3) is 0.588. The summed E-state index contributed by atoms with van der Waals surface area (Å²) >= 11 is 12.6. The van der Waals surface area contributed by atoms with Crippen LogP contribution in [-0.2, 0) is 0 Å². The van der Waals surface area contributed by atoms with Crippen molar-refractivity contribution in [3.8, 4) is 0 Å². The molecule has 2 aromatic rings. The maximum atomic E-state index is 6.37. The molecular weight excluding hydrogens is 345 g/mol. The second-order valence-electron chi connectivity index (χ2n) is 5.85. The number of pyridine rings is 1. The summed E-state index contributed by atoms with van der Waals surface area (Å²) in [6, 6.07) is 2.52. The van der Waals surface area contributed by atoms with Gasteiger partial charge in [-0.25, -0.2) is 15.0 Å². The summed E-state index contributed by atoms with van der Waals surface area (Å²) < 4.78 is 0. The largest absolute Gasteiger partial charge is 0.366 e. The Morgan fingerprint density at radius 3 is 2.17 bits per heavy atom. The number of fused-ring (bicyclic) bond motifs is 1. The molecule has 0 atom stereocenters. The van der Waals surface area contributed by atoms with Gasteiger partial charge in [-0.1, -0.05) is 37.0 Å². The Hall–Kier alpha value is -1.17. The normalized spacial score (nSPS) is 15.6. The van der Waals surface area contributed by atoms with Crippen LogP contribution in [-0.4, -0.2) is 52.1 Å². The minimum atomic E-state index is 0.425. The van der Waals surface area contributed by atoms with Crippen LogP contribution in [0.2, 0.25) is 10.3 Å². The standard InChI is InChI=1S/C15H19Cl2N5.C2H6/c1-9(2)21-4-6-22(7-5-21)12-8-11-13(16)18-10(3)19-15(11)20-14(12)17;1-2/h8-9H,4-7H2,1-3H3;1-2H3. The molecule has 0 unspecified atom stereocenters.